The molecule has 0 unspecified atom stereocenters. The number of benzene rings is 2. The highest BCUT2D eigenvalue weighted by atomic mass is 32.1. The molecule has 4 nitrogen and oxygen atoms in total. The Balaban J connectivity index is 1.73. The highest BCUT2D eigenvalue weighted by Gasteiger charge is 2.22. The number of amides is 2. The zero-order chi connectivity index (χ0) is 22.1. The summed E-state index contributed by atoms with van der Waals surface area (Å²) in [7, 11) is 0. The van der Waals surface area contributed by atoms with Gasteiger partial charge in [0.1, 0.15) is 0 Å². The van der Waals surface area contributed by atoms with Crippen molar-refractivity contribution in [3.8, 4) is 0 Å². The predicted octanol–water partition coefficient (Wildman–Crippen LogP) is 5.07. The molecule has 0 aliphatic heterocycles. The Hall–Kier alpha value is -2.92. The highest BCUT2D eigenvalue weighted by molar-refractivity contribution is 7.11. The van der Waals surface area contributed by atoms with Gasteiger partial charge in [-0.25, -0.2) is 0 Å². The minimum absolute atomic E-state index is 0.00645. The number of thiophene rings is 1. The Morgan fingerprint density at radius 1 is 0.774 bits per heavy atom. The third kappa shape index (κ3) is 7.07. The molecule has 0 fully saturated rings. The summed E-state index contributed by atoms with van der Waals surface area (Å²) in [6, 6.07) is 23.9. The van der Waals surface area contributed by atoms with Crippen molar-refractivity contribution >= 4 is 23.2 Å². The number of rotatable bonds is 10. The lowest BCUT2D eigenvalue weighted by Gasteiger charge is -2.27. The van der Waals surface area contributed by atoms with E-state index in [1.807, 2.05) is 72.5 Å². The largest absolute Gasteiger partial charge is 0.333 e. The summed E-state index contributed by atoms with van der Waals surface area (Å²) < 4.78 is 0. The Bertz CT molecular complexity index is 969. The third-order valence-corrected chi connectivity index (χ3v) is 6.07. The fraction of sp³-hybridized carbons (Fsp3) is 0.308. The molecule has 162 valence electrons. The quantitative estimate of drug-likeness (QED) is 0.447. The maximum atomic E-state index is 13.3. The van der Waals surface area contributed by atoms with Crippen LogP contribution in [0.15, 0.2) is 72.8 Å². The van der Waals surface area contributed by atoms with Crippen LogP contribution < -0.4 is 0 Å². The number of carbonyl (C=O) groups excluding carboxylic acids is 2. The lowest BCUT2D eigenvalue weighted by atomic mass is 10.1. The van der Waals surface area contributed by atoms with Crippen LogP contribution in [0.3, 0.4) is 0 Å². The molecule has 0 spiro atoms. The summed E-state index contributed by atoms with van der Waals surface area (Å²) in [6.07, 6.45) is 1.13. The van der Waals surface area contributed by atoms with Gasteiger partial charge in [0.15, 0.2) is 0 Å². The van der Waals surface area contributed by atoms with E-state index in [4.69, 9.17) is 0 Å². The first-order valence-corrected chi connectivity index (χ1v) is 11.6. The maximum Gasteiger partial charge on any atom is 0.242 e. The van der Waals surface area contributed by atoms with Gasteiger partial charge < -0.3 is 9.80 Å². The van der Waals surface area contributed by atoms with E-state index in [-0.39, 0.29) is 18.4 Å². The molecule has 5 heteroatoms. The van der Waals surface area contributed by atoms with E-state index in [1.165, 1.54) is 4.88 Å². The zero-order valence-corrected chi connectivity index (χ0v) is 19.1. The van der Waals surface area contributed by atoms with E-state index in [0.29, 0.717) is 26.1 Å². The van der Waals surface area contributed by atoms with E-state index in [1.54, 1.807) is 16.2 Å². The molecule has 0 atom stereocenters. The molecule has 3 aromatic rings. The Kier molecular flexibility index (Phi) is 8.42. The normalized spacial score (nSPS) is 10.6. The van der Waals surface area contributed by atoms with Crippen molar-refractivity contribution in [3.05, 3.63) is 93.7 Å². The maximum absolute atomic E-state index is 13.3. The van der Waals surface area contributed by atoms with Crippen LogP contribution in [0.1, 0.15) is 34.2 Å². The molecule has 0 saturated heterocycles. The van der Waals surface area contributed by atoms with Gasteiger partial charge in [-0.1, -0.05) is 67.6 Å². The van der Waals surface area contributed by atoms with Gasteiger partial charge in [-0.3, -0.25) is 9.59 Å². The number of hydrogen-bond acceptors (Lipinski definition) is 3. The zero-order valence-electron chi connectivity index (χ0n) is 18.3. The van der Waals surface area contributed by atoms with Crippen LogP contribution >= 0.6 is 11.3 Å². The first-order valence-electron chi connectivity index (χ1n) is 10.7. The minimum atomic E-state index is -0.0234. The number of nitrogens with zero attached hydrogens (tertiary/aromatic N) is 2. The number of aryl methyl sites for hydroxylation is 1. The van der Waals surface area contributed by atoms with E-state index in [2.05, 4.69) is 19.1 Å². The highest BCUT2D eigenvalue weighted by Crippen LogP contribution is 2.19. The average Bonchev–Trinajstić information content (AvgIpc) is 3.19. The first-order chi connectivity index (χ1) is 15.0. The van der Waals surface area contributed by atoms with Gasteiger partial charge in [-0.05, 0) is 36.6 Å². The van der Waals surface area contributed by atoms with Crippen LogP contribution in [0.5, 0.6) is 0 Å². The van der Waals surface area contributed by atoms with Crippen LogP contribution in [-0.2, 0) is 29.1 Å². The second-order valence-corrected chi connectivity index (χ2v) is 9.10. The van der Waals surface area contributed by atoms with Crippen molar-refractivity contribution in [3.63, 3.8) is 0 Å². The second-order valence-electron chi connectivity index (χ2n) is 7.73. The summed E-state index contributed by atoms with van der Waals surface area (Å²) in [5, 5.41) is 0. The van der Waals surface area contributed by atoms with Crippen molar-refractivity contribution in [1.82, 2.24) is 9.80 Å². The molecule has 1 heterocycles. The molecule has 31 heavy (non-hydrogen) atoms. The average molecular weight is 435 g/mol. The fourth-order valence-corrected chi connectivity index (χ4v) is 4.41. The molecule has 0 radical (unpaired) electrons. The molecule has 0 bridgehead atoms. The Morgan fingerprint density at radius 3 is 2.00 bits per heavy atom. The SMILES string of the molecule is CCCN(CC(=O)N(Cc1ccccc1)Cc1ccc(C)s1)C(=O)Cc1ccccc1. The fourth-order valence-electron chi connectivity index (χ4n) is 3.50. The molecular weight excluding hydrogens is 404 g/mol. The molecule has 1 aromatic heterocycles. The van der Waals surface area contributed by atoms with E-state index in [0.717, 1.165) is 22.4 Å². The molecule has 0 aliphatic rings. The van der Waals surface area contributed by atoms with Crippen LogP contribution in [0.2, 0.25) is 0 Å². The van der Waals surface area contributed by atoms with Gasteiger partial charge in [0.25, 0.3) is 0 Å². The molecule has 0 N–H and O–H groups in total. The number of hydrogen-bond donors (Lipinski definition) is 0. The molecule has 2 amide bonds. The summed E-state index contributed by atoms with van der Waals surface area (Å²) in [5.41, 5.74) is 2.05. The minimum Gasteiger partial charge on any atom is -0.333 e. The van der Waals surface area contributed by atoms with Gasteiger partial charge in [0, 0.05) is 22.8 Å². The molecule has 3 rings (SSSR count). The number of carbonyl (C=O) groups is 2. The molecular formula is C26H30N2O2S. The van der Waals surface area contributed by atoms with Crippen molar-refractivity contribution < 1.29 is 9.59 Å². The lowest BCUT2D eigenvalue weighted by Crippen LogP contribution is -2.43. The van der Waals surface area contributed by atoms with Gasteiger partial charge in [0.2, 0.25) is 11.8 Å². The van der Waals surface area contributed by atoms with Crippen LogP contribution in [0, 0.1) is 6.92 Å². The molecule has 2 aromatic carbocycles. The summed E-state index contributed by atoms with van der Waals surface area (Å²) in [6.45, 7) is 5.88. The summed E-state index contributed by atoms with van der Waals surface area (Å²) >= 11 is 1.71. The topological polar surface area (TPSA) is 40.6 Å². The van der Waals surface area contributed by atoms with E-state index >= 15 is 0 Å². The van der Waals surface area contributed by atoms with Gasteiger partial charge in [-0.15, -0.1) is 11.3 Å². The monoisotopic (exact) mass is 434 g/mol. The Morgan fingerprint density at radius 2 is 1.42 bits per heavy atom. The van der Waals surface area contributed by atoms with Crippen LogP contribution in [-0.4, -0.2) is 34.7 Å². The van der Waals surface area contributed by atoms with E-state index in [9.17, 15) is 9.59 Å². The third-order valence-electron chi connectivity index (χ3n) is 5.08. The predicted molar refractivity (Wildman–Crippen MR) is 127 cm³/mol. The van der Waals surface area contributed by atoms with Crippen LogP contribution in [0.25, 0.3) is 0 Å². The summed E-state index contributed by atoms with van der Waals surface area (Å²) in [4.78, 5) is 32.2. The molecule has 0 aliphatic carbocycles. The van der Waals surface area contributed by atoms with Crippen molar-refractivity contribution in [2.24, 2.45) is 0 Å². The van der Waals surface area contributed by atoms with Crippen LogP contribution in [0.4, 0.5) is 0 Å². The van der Waals surface area contributed by atoms with Gasteiger partial charge in [-0.2, -0.15) is 0 Å². The van der Waals surface area contributed by atoms with Crippen molar-refractivity contribution in [1.29, 1.82) is 0 Å². The summed E-state index contributed by atoms with van der Waals surface area (Å²) in [5.74, 6) is -0.0298. The Labute approximate surface area is 189 Å². The van der Waals surface area contributed by atoms with Crippen molar-refractivity contribution in [2.45, 2.75) is 39.8 Å². The smallest absolute Gasteiger partial charge is 0.242 e. The molecule has 0 saturated carbocycles. The van der Waals surface area contributed by atoms with E-state index < -0.39 is 0 Å². The van der Waals surface area contributed by atoms with Crippen molar-refractivity contribution in [2.75, 3.05) is 13.1 Å². The lowest BCUT2D eigenvalue weighted by molar-refractivity contribution is -0.141. The standard InChI is InChI=1S/C26H30N2O2S/c1-3-16-27(25(29)17-22-10-6-4-7-11-22)20-26(30)28(18-23-12-8-5-9-13-23)19-24-15-14-21(2)31-24/h4-15H,3,16-20H2,1-2H3. The van der Waals surface area contributed by atoms with Gasteiger partial charge in [0.05, 0.1) is 19.5 Å². The first kappa shape index (κ1) is 22.8. The second kappa shape index (κ2) is 11.5. The van der Waals surface area contributed by atoms with Gasteiger partial charge >= 0.3 is 0 Å².